The summed E-state index contributed by atoms with van der Waals surface area (Å²) in [5.41, 5.74) is -1.69. The molecular formula is C18H14F6. The Hall–Kier alpha value is -2.24. The van der Waals surface area contributed by atoms with Crippen molar-refractivity contribution in [1.82, 2.24) is 0 Å². The van der Waals surface area contributed by atoms with Crippen LogP contribution < -0.4 is 0 Å². The van der Waals surface area contributed by atoms with Crippen LogP contribution >= 0.6 is 0 Å². The van der Waals surface area contributed by atoms with Crippen LogP contribution in [-0.2, 0) is 18.8 Å². The molecule has 0 saturated heterocycles. The fraction of sp³-hybridized carbons (Fsp3) is 0.222. The van der Waals surface area contributed by atoms with Gasteiger partial charge in [-0.1, -0.05) is 42.5 Å². The zero-order valence-corrected chi connectivity index (χ0v) is 12.5. The molecule has 2 rings (SSSR count). The zero-order chi connectivity index (χ0) is 17.8. The van der Waals surface area contributed by atoms with Gasteiger partial charge in [-0.25, -0.2) is 0 Å². The summed E-state index contributed by atoms with van der Waals surface area (Å²) in [7, 11) is 0. The van der Waals surface area contributed by atoms with Crippen molar-refractivity contribution in [2.24, 2.45) is 0 Å². The van der Waals surface area contributed by atoms with Crippen molar-refractivity contribution in [2.45, 2.75) is 25.2 Å². The number of hydrogen-bond donors (Lipinski definition) is 0. The molecule has 0 radical (unpaired) electrons. The average molecular weight is 344 g/mol. The highest BCUT2D eigenvalue weighted by Gasteiger charge is 2.36. The van der Waals surface area contributed by atoms with Crippen LogP contribution in [0.3, 0.4) is 0 Å². The lowest BCUT2D eigenvalue weighted by molar-refractivity contribution is -0.143. The molecule has 0 aliphatic heterocycles. The first-order valence-electron chi connectivity index (χ1n) is 7.16. The number of aryl methyl sites for hydroxylation is 1. The van der Waals surface area contributed by atoms with E-state index in [0.29, 0.717) is 25.0 Å². The molecule has 0 aromatic heterocycles. The van der Waals surface area contributed by atoms with Crippen LogP contribution in [-0.4, -0.2) is 0 Å². The number of halogens is 6. The van der Waals surface area contributed by atoms with Gasteiger partial charge in [0, 0.05) is 0 Å². The SMILES string of the molecule is FC(F)(F)c1cc(/C=C/CCc2ccccc2)cc(C(F)(F)F)c1. The molecule has 24 heavy (non-hydrogen) atoms. The topological polar surface area (TPSA) is 0 Å². The van der Waals surface area contributed by atoms with Gasteiger partial charge >= 0.3 is 12.4 Å². The van der Waals surface area contributed by atoms with E-state index in [-0.39, 0.29) is 11.6 Å². The largest absolute Gasteiger partial charge is 0.416 e. The molecule has 0 nitrogen and oxygen atoms in total. The van der Waals surface area contributed by atoms with Crippen molar-refractivity contribution < 1.29 is 26.3 Å². The van der Waals surface area contributed by atoms with E-state index in [9.17, 15) is 26.3 Å². The van der Waals surface area contributed by atoms with Gasteiger partial charge in [-0.15, -0.1) is 0 Å². The summed E-state index contributed by atoms with van der Waals surface area (Å²) in [6.45, 7) is 0. The van der Waals surface area contributed by atoms with Crippen LogP contribution in [0.25, 0.3) is 6.08 Å². The Morgan fingerprint density at radius 1 is 0.750 bits per heavy atom. The molecular weight excluding hydrogens is 330 g/mol. The fourth-order valence-corrected chi connectivity index (χ4v) is 2.19. The minimum absolute atomic E-state index is 0.120. The fourth-order valence-electron chi connectivity index (χ4n) is 2.19. The lowest BCUT2D eigenvalue weighted by Gasteiger charge is -2.12. The predicted octanol–water partition coefficient (Wildman–Crippen LogP) is 6.37. The maximum atomic E-state index is 12.8. The summed E-state index contributed by atoms with van der Waals surface area (Å²) in [5, 5.41) is 0. The van der Waals surface area contributed by atoms with Gasteiger partial charge in [-0.2, -0.15) is 26.3 Å². The van der Waals surface area contributed by atoms with Crippen molar-refractivity contribution in [1.29, 1.82) is 0 Å². The van der Waals surface area contributed by atoms with Gasteiger partial charge < -0.3 is 0 Å². The summed E-state index contributed by atoms with van der Waals surface area (Å²) < 4.78 is 76.5. The Kier molecular flexibility index (Phi) is 5.36. The Labute approximate surface area is 135 Å². The number of alkyl halides is 6. The van der Waals surface area contributed by atoms with E-state index in [1.165, 1.54) is 6.08 Å². The Balaban J connectivity index is 2.18. The molecule has 0 unspecified atom stereocenters. The van der Waals surface area contributed by atoms with Crippen molar-refractivity contribution in [3.05, 3.63) is 76.9 Å². The van der Waals surface area contributed by atoms with Gasteiger partial charge in [0.2, 0.25) is 0 Å². The lowest BCUT2D eigenvalue weighted by atomic mass is 10.0. The second kappa shape index (κ2) is 7.11. The van der Waals surface area contributed by atoms with Crippen molar-refractivity contribution in [3.8, 4) is 0 Å². The van der Waals surface area contributed by atoms with Gasteiger partial charge in [-0.3, -0.25) is 0 Å². The van der Waals surface area contributed by atoms with E-state index in [4.69, 9.17) is 0 Å². The minimum atomic E-state index is -4.83. The third-order valence-corrected chi connectivity index (χ3v) is 3.36. The molecule has 0 atom stereocenters. The van der Waals surface area contributed by atoms with Gasteiger partial charge in [-0.05, 0) is 42.2 Å². The van der Waals surface area contributed by atoms with E-state index in [2.05, 4.69) is 0 Å². The molecule has 0 spiro atoms. The highest BCUT2D eigenvalue weighted by atomic mass is 19.4. The van der Waals surface area contributed by atoms with E-state index in [1.54, 1.807) is 6.08 Å². The van der Waals surface area contributed by atoms with E-state index in [1.807, 2.05) is 30.3 Å². The number of allylic oxidation sites excluding steroid dienone is 1. The Morgan fingerprint density at radius 3 is 1.79 bits per heavy atom. The highest BCUT2D eigenvalue weighted by Crippen LogP contribution is 2.36. The van der Waals surface area contributed by atoms with Crippen molar-refractivity contribution in [2.75, 3.05) is 0 Å². The molecule has 6 heteroatoms. The molecule has 0 aliphatic carbocycles. The monoisotopic (exact) mass is 344 g/mol. The van der Waals surface area contributed by atoms with Crippen LogP contribution in [0.2, 0.25) is 0 Å². The van der Waals surface area contributed by atoms with Gasteiger partial charge in [0.15, 0.2) is 0 Å². The standard InChI is InChI=1S/C18H14F6/c19-17(20,21)15-10-14(11-16(12-15)18(22,23)24)9-5-4-8-13-6-2-1-3-7-13/h1-3,5-7,9-12H,4,8H2/b9-5+. The van der Waals surface area contributed by atoms with E-state index >= 15 is 0 Å². The quantitative estimate of drug-likeness (QED) is 0.565. The molecule has 0 amide bonds. The Morgan fingerprint density at radius 2 is 1.29 bits per heavy atom. The van der Waals surface area contributed by atoms with Gasteiger partial charge in [0.1, 0.15) is 0 Å². The average Bonchev–Trinajstić information content (AvgIpc) is 2.51. The molecule has 0 saturated carbocycles. The lowest BCUT2D eigenvalue weighted by Crippen LogP contribution is -2.11. The first-order valence-corrected chi connectivity index (χ1v) is 7.16. The van der Waals surface area contributed by atoms with Crippen LogP contribution in [0.4, 0.5) is 26.3 Å². The summed E-state index contributed by atoms with van der Waals surface area (Å²) in [5.74, 6) is 0. The van der Waals surface area contributed by atoms with Gasteiger partial charge in [0.25, 0.3) is 0 Å². The van der Waals surface area contributed by atoms with Crippen LogP contribution in [0.5, 0.6) is 0 Å². The van der Waals surface area contributed by atoms with Gasteiger partial charge in [0.05, 0.1) is 11.1 Å². The molecule has 0 aliphatic rings. The molecule has 0 heterocycles. The van der Waals surface area contributed by atoms with E-state index in [0.717, 1.165) is 5.56 Å². The molecule has 0 fully saturated rings. The predicted molar refractivity (Wildman–Crippen MR) is 80.2 cm³/mol. The zero-order valence-electron chi connectivity index (χ0n) is 12.5. The maximum Gasteiger partial charge on any atom is 0.416 e. The summed E-state index contributed by atoms with van der Waals surface area (Å²) in [6.07, 6.45) is -5.62. The molecule has 0 N–H and O–H groups in total. The van der Waals surface area contributed by atoms with Crippen LogP contribution in [0.15, 0.2) is 54.6 Å². The first kappa shape index (κ1) is 18.1. The maximum absolute atomic E-state index is 12.8. The third-order valence-electron chi connectivity index (χ3n) is 3.36. The Bertz CT molecular complexity index is 663. The second-order valence-corrected chi connectivity index (χ2v) is 5.27. The smallest absolute Gasteiger partial charge is 0.166 e. The summed E-state index contributed by atoms with van der Waals surface area (Å²) in [6, 6.07) is 11.0. The third kappa shape index (κ3) is 5.15. The van der Waals surface area contributed by atoms with Crippen molar-refractivity contribution in [3.63, 3.8) is 0 Å². The number of benzene rings is 2. The number of hydrogen-bond acceptors (Lipinski definition) is 0. The second-order valence-electron chi connectivity index (χ2n) is 5.27. The van der Waals surface area contributed by atoms with Crippen molar-refractivity contribution >= 4 is 6.08 Å². The molecule has 128 valence electrons. The molecule has 0 bridgehead atoms. The van der Waals surface area contributed by atoms with E-state index < -0.39 is 23.5 Å². The van der Waals surface area contributed by atoms with Crippen LogP contribution in [0.1, 0.15) is 28.7 Å². The highest BCUT2D eigenvalue weighted by molar-refractivity contribution is 5.53. The van der Waals surface area contributed by atoms with Crippen LogP contribution in [0, 0.1) is 0 Å². The first-order chi connectivity index (χ1) is 11.2. The minimum Gasteiger partial charge on any atom is -0.166 e. The normalized spacial score (nSPS) is 12.8. The molecule has 2 aromatic rings. The summed E-state index contributed by atoms with van der Waals surface area (Å²) in [4.78, 5) is 0. The molecule has 2 aromatic carbocycles. The number of rotatable bonds is 4. The summed E-state index contributed by atoms with van der Waals surface area (Å²) >= 11 is 0.